The Balaban J connectivity index is 3.62. The zero-order valence-electron chi connectivity index (χ0n) is 6.94. The molecule has 11 heavy (non-hydrogen) atoms. The minimum absolute atomic E-state index is 0.0235. The Morgan fingerprint density at radius 3 is 2.45 bits per heavy atom. The molecule has 0 aromatic rings. The summed E-state index contributed by atoms with van der Waals surface area (Å²) < 4.78 is 0. The van der Waals surface area contributed by atoms with Gasteiger partial charge >= 0.3 is 0 Å². The molecule has 0 heterocycles. The molecule has 0 saturated carbocycles. The van der Waals surface area contributed by atoms with Crippen molar-refractivity contribution in [1.29, 1.82) is 10.8 Å². The predicted octanol–water partition coefficient (Wildman–Crippen LogP) is 0.887. The van der Waals surface area contributed by atoms with Gasteiger partial charge in [-0.25, -0.2) is 4.99 Å². The lowest BCUT2D eigenvalue weighted by Gasteiger charge is -2.07. The second-order valence-corrected chi connectivity index (χ2v) is 2.54. The largest absolute Gasteiger partial charge is 0.349 e. The van der Waals surface area contributed by atoms with Crippen LogP contribution in [0.1, 0.15) is 13.8 Å². The Hall–Kier alpha value is -1.19. The zero-order chi connectivity index (χ0) is 8.85. The molecule has 0 aromatic heterocycles. The first-order valence-electron chi connectivity index (χ1n) is 3.44. The smallest absolute Gasteiger partial charge is 0.214 e. The molecule has 4 heteroatoms. The average molecular weight is 154 g/mol. The number of rotatable bonds is 3. The standard InChI is InChI=1S/C7H14N4/c1-5(2)6(8)4-11-7(9)10-3/h5,8H,3-4H2,1-2H3,(H2,9,11). The molecule has 0 radical (unpaired) electrons. The molecule has 0 saturated heterocycles. The Kier molecular flexibility index (Phi) is 4.10. The summed E-state index contributed by atoms with van der Waals surface area (Å²) in [5.41, 5.74) is 0.568. The molecule has 0 aliphatic rings. The van der Waals surface area contributed by atoms with Gasteiger partial charge in [0.2, 0.25) is 5.96 Å². The number of hydrogen-bond acceptors (Lipinski definition) is 2. The number of hydrogen-bond donors (Lipinski definition) is 3. The zero-order valence-corrected chi connectivity index (χ0v) is 6.94. The van der Waals surface area contributed by atoms with Gasteiger partial charge in [-0.2, -0.15) is 0 Å². The van der Waals surface area contributed by atoms with Gasteiger partial charge in [0.15, 0.2) is 0 Å². The van der Waals surface area contributed by atoms with Gasteiger partial charge in [0, 0.05) is 5.71 Å². The van der Waals surface area contributed by atoms with E-state index in [0.29, 0.717) is 12.3 Å². The van der Waals surface area contributed by atoms with Crippen molar-refractivity contribution in [3.63, 3.8) is 0 Å². The van der Waals surface area contributed by atoms with Crippen LogP contribution in [0.4, 0.5) is 0 Å². The maximum absolute atomic E-state index is 7.39. The quantitative estimate of drug-likeness (QED) is 0.410. The summed E-state index contributed by atoms with van der Waals surface area (Å²) in [6.07, 6.45) is 0. The maximum atomic E-state index is 7.39. The van der Waals surface area contributed by atoms with Crippen LogP contribution >= 0.6 is 0 Å². The van der Waals surface area contributed by atoms with Gasteiger partial charge < -0.3 is 10.7 Å². The molecule has 0 unspecified atom stereocenters. The predicted molar refractivity (Wildman–Crippen MR) is 47.8 cm³/mol. The van der Waals surface area contributed by atoms with E-state index in [1.807, 2.05) is 13.8 Å². The Morgan fingerprint density at radius 1 is 1.55 bits per heavy atom. The summed E-state index contributed by atoms with van der Waals surface area (Å²) in [4.78, 5) is 3.35. The van der Waals surface area contributed by atoms with E-state index in [2.05, 4.69) is 17.0 Å². The van der Waals surface area contributed by atoms with E-state index in [-0.39, 0.29) is 11.9 Å². The van der Waals surface area contributed by atoms with Crippen molar-refractivity contribution in [3.05, 3.63) is 0 Å². The first kappa shape index (κ1) is 9.81. The summed E-state index contributed by atoms with van der Waals surface area (Å²) in [7, 11) is 0. The Morgan fingerprint density at radius 2 is 2.09 bits per heavy atom. The molecular weight excluding hydrogens is 140 g/mol. The van der Waals surface area contributed by atoms with Crippen molar-refractivity contribution >= 4 is 18.4 Å². The van der Waals surface area contributed by atoms with Crippen LogP contribution in [0.15, 0.2) is 4.99 Å². The van der Waals surface area contributed by atoms with Crippen molar-refractivity contribution in [2.45, 2.75) is 13.8 Å². The van der Waals surface area contributed by atoms with Crippen LogP contribution in [-0.4, -0.2) is 24.9 Å². The van der Waals surface area contributed by atoms with Gasteiger partial charge in [-0.05, 0) is 12.6 Å². The van der Waals surface area contributed by atoms with Crippen LogP contribution in [0.3, 0.4) is 0 Å². The molecule has 0 aromatic carbocycles. The van der Waals surface area contributed by atoms with Crippen molar-refractivity contribution in [3.8, 4) is 0 Å². The van der Waals surface area contributed by atoms with Gasteiger partial charge in [0.25, 0.3) is 0 Å². The molecule has 3 N–H and O–H groups in total. The highest BCUT2D eigenvalue weighted by Crippen LogP contribution is 1.92. The molecule has 0 atom stereocenters. The highest BCUT2D eigenvalue weighted by atomic mass is 15.1. The molecule has 0 spiro atoms. The summed E-state index contributed by atoms with van der Waals surface area (Å²) >= 11 is 0. The van der Waals surface area contributed by atoms with Crippen molar-refractivity contribution in [1.82, 2.24) is 5.32 Å². The fourth-order valence-electron chi connectivity index (χ4n) is 0.439. The summed E-state index contributed by atoms with van der Waals surface area (Å²) in [6.45, 7) is 7.44. The first-order chi connectivity index (χ1) is 5.07. The van der Waals surface area contributed by atoms with E-state index in [0.717, 1.165) is 0 Å². The molecule has 62 valence electrons. The fourth-order valence-corrected chi connectivity index (χ4v) is 0.439. The van der Waals surface area contributed by atoms with Crippen LogP contribution in [0.25, 0.3) is 0 Å². The third-order valence-electron chi connectivity index (χ3n) is 1.30. The van der Waals surface area contributed by atoms with Crippen LogP contribution in [-0.2, 0) is 0 Å². The highest BCUT2D eigenvalue weighted by molar-refractivity contribution is 5.90. The van der Waals surface area contributed by atoms with E-state index in [1.54, 1.807) is 0 Å². The van der Waals surface area contributed by atoms with Crippen molar-refractivity contribution in [2.24, 2.45) is 10.9 Å². The lowest BCUT2D eigenvalue weighted by atomic mass is 10.1. The van der Waals surface area contributed by atoms with Crippen LogP contribution in [0.5, 0.6) is 0 Å². The van der Waals surface area contributed by atoms with Gasteiger partial charge in [0.05, 0.1) is 6.54 Å². The minimum atomic E-state index is 0.0235. The molecule has 0 aliphatic carbocycles. The SMILES string of the molecule is C=NC(=N)NCC(=N)C(C)C. The molecular formula is C7H14N4. The number of aliphatic imine (C=N–C) groups is 1. The van der Waals surface area contributed by atoms with Gasteiger partial charge in [0.1, 0.15) is 0 Å². The van der Waals surface area contributed by atoms with E-state index in [9.17, 15) is 0 Å². The van der Waals surface area contributed by atoms with Gasteiger partial charge in [-0.15, -0.1) is 0 Å². The van der Waals surface area contributed by atoms with E-state index >= 15 is 0 Å². The molecule has 4 nitrogen and oxygen atoms in total. The van der Waals surface area contributed by atoms with Crippen LogP contribution in [0, 0.1) is 16.7 Å². The van der Waals surface area contributed by atoms with Crippen molar-refractivity contribution < 1.29 is 0 Å². The third kappa shape index (κ3) is 4.25. The molecule has 0 amide bonds. The van der Waals surface area contributed by atoms with Crippen molar-refractivity contribution in [2.75, 3.05) is 6.54 Å². The maximum Gasteiger partial charge on any atom is 0.214 e. The number of guanidine groups is 1. The molecule has 0 bridgehead atoms. The number of nitrogens with one attached hydrogen (secondary N) is 3. The van der Waals surface area contributed by atoms with E-state index in [4.69, 9.17) is 10.8 Å². The molecule has 0 aliphatic heterocycles. The van der Waals surface area contributed by atoms with E-state index in [1.165, 1.54) is 0 Å². The second kappa shape index (κ2) is 4.60. The monoisotopic (exact) mass is 154 g/mol. The fraction of sp³-hybridized carbons (Fsp3) is 0.571. The minimum Gasteiger partial charge on any atom is -0.349 e. The highest BCUT2D eigenvalue weighted by Gasteiger charge is 2.01. The topological polar surface area (TPSA) is 72.1 Å². The Bertz CT molecular complexity index is 171. The van der Waals surface area contributed by atoms with E-state index < -0.39 is 0 Å². The third-order valence-corrected chi connectivity index (χ3v) is 1.30. The summed E-state index contributed by atoms with van der Waals surface area (Å²) in [5, 5.41) is 17.1. The lowest BCUT2D eigenvalue weighted by Crippen LogP contribution is -2.29. The first-order valence-corrected chi connectivity index (χ1v) is 3.44. The molecule has 0 fully saturated rings. The average Bonchev–Trinajstić information content (AvgIpc) is 1.99. The summed E-state index contributed by atoms with van der Waals surface area (Å²) in [6, 6.07) is 0. The lowest BCUT2D eigenvalue weighted by molar-refractivity contribution is 0.838. The number of nitrogens with zero attached hydrogens (tertiary/aromatic N) is 1. The Labute approximate surface area is 66.7 Å². The molecule has 0 rings (SSSR count). The van der Waals surface area contributed by atoms with Crippen LogP contribution in [0.2, 0.25) is 0 Å². The van der Waals surface area contributed by atoms with Gasteiger partial charge in [-0.1, -0.05) is 13.8 Å². The van der Waals surface area contributed by atoms with Crippen LogP contribution < -0.4 is 5.32 Å². The van der Waals surface area contributed by atoms with Gasteiger partial charge in [-0.3, -0.25) is 5.41 Å². The second-order valence-electron chi connectivity index (χ2n) is 2.54. The summed E-state index contributed by atoms with van der Waals surface area (Å²) in [5.74, 6) is 0.246. The normalized spacial score (nSPS) is 9.36.